The van der Waals surface area contributed by atoms with Gasteiger partial charge < -0.3 is 4.74 Å². The van der Waals surface area contributed by atoms with E-state index in [1.165, 1.54) is 12.5 Å². The van der Waals surface area contributed by atoms with Gasteiger partial charge in [-0.2, -0.15) is 5.10 Å². The van der Waals surface area contributed by atoms with Crippen molar-refractivity contribution in [3.8, 4) is 0 Å². The molecule has 0 radical (unpaired) electrons. The van der Waals surface area contributed by atoms with E-state index in [1.54, 1.807) is 18.0 Å². The summed E-state index contributed by atoms with van der Waals surface area (Å²) in [7, 11) is -1.50. The van der Waals surface area contributed by atoms with Crippen LogP contribution in [0.4, 0.5) is 0 Å². The summed E-state index contributed by atoms with van der Waals surface area (Å²) in [5.74, 6) is 0.785. The Morgan fingerprint density at radius 1 is 1.47 bits per heavy atom. The van der Waals surface area contributed by atoms with Gasteiger partial charge in [0.1, 0.15) is 4.90 Å². The number of nitrogens with zero attached hydrogens (tertiary/aromatic N) is 2. The second kappa shape index (κ2) is 5.64. The molecule has 0 aliphatic carbocycles. The molecule has 0 bridgehead atoms. The first-order valence-corrected chi connectivity index (χ1v) is 7.45. The zero-order valence-corrected chi connectivity index (χ0v) is 11.6. The molecule has 17 heavy (non-hydrogen) atoms. The summed E-state index contributed by atoms with van der Waals surface area (Å²) in [5.41, 5.74) is 0. The molecule has 0 aliphatic heterocycles. The van der Waals surface area contributed by atoms with Crippen LogP contribution in [0.3, 0.4) is 0 Å². The molecule has 1 atom stereocenters. The number of methoxy groups -OCH3 is 1. The van der Waals surface area contributed by atoms with Gasteiger partial charge in [0.25, 0.3) is 0 Å². The van der Waals surface area contributed by atoms with Gasteiger partial charge in [-0.15, -0.1) is 0 Å². The monoisotopic (exact) mass is 260 g/mol. The van der Waals surface area contributed by atoms with Gasteiger partial charge in [0, 0.05) is 32.0 Å². The Labute approximate surface area is 103 Å². The molecule has 0 fully saturated rings. The highest BCUT2D eigenvalue weighted by atomic mass is 32.2. The fourth-order valence-corrected chi connectivity index (χ4v) is 2.10. The lowest BCUT2D eigenvalue weighted by Gasteiger charge is -2.19. The van der Waals surface area contributed by atoms with E-state index in [4.69, 9.17) is 4.74 Å². The molecule has 0 aromatic carbocycles. The van der Waals surface area contributed by atoms with Crippen LogP contribution in [0.5, 0.6) is 0 Å². The Morgan fingerprint density at radius 2 is 2.12 bits per heavy atom. The quantitative estimate of drug-likeness (QED) is 0.771. The standard InChI is InChI=1S/C11H20N2O3S/c1-9(2)10(8-16-3)6-13-7-11(5-12-13)17(4,14)15/h5,7,9-10H,6,8H2,1-4H3. The van der Waals surface area contributed by atoms with Crippen molar-refractivity contribution in [2.24, 2.45) is 11.8 Å². The number of sulfone groups is 1. The molecule has 5 nitrogen and oxygen atoms in total. The fourth-order valence-electron chi connectivity index (χ4n) is 1.55. The van der Waals surface area contributed by atoms with Gasteiger partial charge in [-0.05, 0) is 5.92 Å². The predicted octanol–water partition coefficient (Wildman–Crippen LogP) is 1.21. The average molecular weight is 260 g/mol. The maximum absolute atomic E-state index is 11.3. The zero-order chi connectivity index (χ0) is 13.1. The van der Waals surface area contributed by atoms with E-state index < -0.39 is 9.84 Å². The van der Waals surface area contributed by atoms with Crippen LogP contribution in [-0.4, -0.2) is 38.2 Å². The van der Waals surface area contributed by atoms with Gasteiger partial charge in [-0.3, -0.25) is 4.68 Å². The van der Waals surface area contributed by atoms with Gasteiger partial charge in [0.05, 0.1) is 12.8 Å². The summed E-state index contributed by atoms with van der Waals surface area (Å²) in [5, 5.41) is 4.07. The third-order valence-corrected chi connectivity index (χ3v) is 3.85. The summed E-state index contributed by atoms with van der Waals surface area (Å²) in [4.78, 5) is 0.262. The molecular weight excluding hydrogens is 240 g/mol. The molecule has 6 heteroatoms. The zero-order valence-electron chi connectivity index (χ0n) is 10.8. The van der Waals surface area contributed by atoms with Gasteiger partial charge in [0.15, 0.2) is 9.84 Å². The first-order valence-electron chi connectivity index (χ1n) is 5.56. The van der Waals surface area contributed by atoms with Crippen molar-refractivity contribution in [3.05, 3.63) is 12.4 Å². The van der Waals surface area contributed by atoms with Gasteiger partial charge >= 0.3 is 0 Å². The van der Waals surface area contributed by atoms with Gasteiger partial charge in [-0.25, -0.2) is 8.42 Å². The van der Waals surface area contributed by atoms with E-state index in [2.05, 4.69) is 18.9 Å². The molecule has 1 unspecified atom stereocenters. The number of aromatic nitrogens is 2. The summed E-state index contributed by atoms with van der Waals surface area (Å²) in [6.07, 6.45) is 4.14. The molecule has 0 N–H and O–H groups in total. The Balaban J connectivity index is 2.77. The topological polar surface area (TPSA) is 61.2 Å². The van der Waals surface area contributed by atoms with E-state index in [1.807, 2.05) is 0 Å². The van der Waals surface area contributed by atoms with Crippen LogP contribution in [0.1, 0.15) is 13.8 Å². The Bertz CT molecular complexity index is 451. The second-order valence-electron chi connectivity index (χ2n) is 4.63. The van der Waals surface area contributed by atoms with Gasteiger partial charge in [0.2, 0.25) is 0 Å². The highest BCUT2D eigenvalue weighted by Crippen LogP contribution is 2.15. The molecule has 0 amide bonds. The lowest BCUT2D eigenvalue weighted by Crippen LogP contribution is -2.21. The van der Waals surface area contributed by atoms with Gasteiger partial charge in [-0.1, -0.05) is 13.8 Å². The average Bonchev–Trinajstić information content (AvgIpc) is 2.64. The van der Waals surface area contributed by atoms with E-state index in [-0.39, 0.29) is 4.90 Å². The van der Waals surface area contributed by atoms with E-state index in [0.29, 0.717) is 25.0 Å². The fraction of sp³-hybridized carbons (Fsp3) is 0.727. The predicted molar refractivity (Wildman–Crippen MR) is 65.5 cm³/mol. The molecule has 0 saturated heterocycles. The lowest BCUT2D eigenvalue weighted by atomic mass is 9.97. The highest BCUT2D eigenvalue weighted by molar-refractivity contribution is 7.90. The molecule has 1 heterocycles. The second-order valence-corrected chi connectivity index (χ2v) is 6.65. The number of rotatable bonds is 6. The van der Waals surface area contributed by atoms with Crippen LogP contribution in [0.2, 0.25) is 0 Å². The normalized spacial score (nSPS) is 14.2. The van der Waals surface area contributed by atoms with Crippen LogP contribution >= 0.6 is 0 Å². The molecular formula is C11H20N2O3S. The van der Waals surface area contributed by atoms with E-state index in [0.717, 1.165) is 0 Å². The smallest absolute Gasteiger partial charge is 0.178 e. The largest absolute Gasteiger partial charge is 0.384 e. The summed E-state index contributed by atoms with van der Waals surface area (Å²) in [6, 6.07) is 0. The minimum absolute atomic E-state index is 0.262. The van der Waals surface area contributed by atoms with E-state index >= 15 is 0 Å². The number of hydrogen-bond acceptors (Lipinski definition) is 4. The lowest BCUT2D eigenvalue weighted by molar-refractivity contribution is 0.116. The highest BCUT2D eigenvalue weighted by Gasteiger charge is 2.16. The number of ether oxygens (including phenoxy) is 1. The summed E-state index contributed by atoms with van der Waals surface area (Å²) < 4.78 is 29.4. The van der Waals surface area contributed by atoms with E-state index in [9.17, 15) is 8.42 Å². The Hall–Kier alpha value is -0.880. The molecule has 1 aromatic rings. The molecule has 1 rings (SSSR count). The first kappa shape index (κ1) is 14.2. The summed E-state index contributed by atoms with van der Waals surface area (Å²) in [6.45, 7) is 5.54. The van der Waals surface area contributed by atoms with Crippen LogP contribution in [0.25, 0.3) is 0 Å². The van der Waals surface area contributed by atoms with Crippen LogP contribution in [0.15, 0.2) is 17.3 Å². The van der Waals surface area contributed by atoms with Crippen molar-refractivity contribution in [1.29, 1.82) is 0 Å². The van der Waals surface area contributed by atoms with Crippen molar-refractivity contribution in [2.75, 3.05) is 20.0 Å². The van der Waals surface area contributed by atoms with Crippen LogP contribution < -0.4 is 0 Å². The van der Waals surface area contributed by atoms with Crippen molar-refractivity contribution < 1.29 is 13.2 Å². The first-order chi connectivity index (χ1) is 7.84. The molecule has 98 valence electrons. The Kier molecular flexibility index (Phi) is 4.70. The maximum Gasteiger partial charge on any atom is 0.178 e. The third kappa shape index (κ3) is 4.12. The minimum atomic E-state index is -3.16. The maximum atomic E-state index is 11.3. The Morgan fingerprint density at radius 3 is 2.53 bits per heavy atom. The summed E-state index contributed by atoms with van der Waals surface area (Å²) >= 11 is 0. The molecule has 0 aliphatic rings. The van der Waals surface area contributed by atoms with Crippen molar-refractivity contribution in [2.45, 2.75) is 25.3 Å². The van der Waals surface area contributed by atoms with Crippen molar-refractivity contribution in [3.63, 3.8) is 0 Å². The molecule has 1 aromatic heterocycles. The van der Waals surface area contributed by atoms with Crippen molar-refractivity contribution in [1.82, 2.24) is 9.78 Å². The third-order valence-electron chi connectivity index (χ3n) is 2.78. The van der Waals surface area contributed by atoms with Crippen molar-refractivity contribution >= 4 is 9.84 Å². The minimum Gasteiger partial charge on any atom is -0.384 e. The van der Waals surface area contributed by atoms with Crippen LogP contribution in [0, 0.1) is 11.8 Å². The molecule has 0 saturated carbocycles. The number of hydrogen-bond donors (Lipinski definition) is 0. The molecule has 0 spiro atoms. The van der Waals surface area contributed by atoms with Crippen LogP contribution in [-0.2, 0) is 21.1 Å². The SMILES string of the molecule is COCC(Cn1cc(S(C)(=O)=O)cn1)C(C)C.